The van der Waals surface area contributed by atoms with Gasteiger partial charge in [0.1, 0.15) is 11.5 Å². The summed E-state index contributed by atoms with van der Waals surface area (Å²) < 4.78 is 5.84. The fourth-order valence-corrected chi connectivity index (χ4v) is 4.05. The maximum atomic E-state index is 13.2. The number of aromatic nitrogens is 1. The van der Waals surface area contributed by atoms with Gasteiger partial charge in [-0.25, -0.2) is 9.88 Å². The molecule has 0 unspecified atom stereocenters. The Morgan fingerprint density at radius 1 is 1.03 bits per heavy atom. The lowest BCUT2D eigenvalue weighted by Gasteiger charge is -2.20. The summed E-state index contributed by atoms with van der Waals surface area (Å²) >= 11 is 6.20. The highest BCUT2D eigenvalue weighted by Crippen LogP contribution is 2.34. The first-order valence-corrected chi connectivity index (χ1v) is 10.6. The van der Waals surface area contributed by atoms with Gasteiger partial charge in [-0.1, -0.05) is 40.6 Å². The molecular formula is C23H20ClN5O3. The molecule has 1 saturated heterocycles. The van der Waals surface area contributed by atoms with Crippen molar-refractivity contribution in [3.63, 3.8) is 0 Å². The minimum atomic E-state index is -0.883. The molecule has 0 N–H and O–H groups in total. The van der Waals surface area contributed by atoms with Gasteiger partial charge < -0.3 is 4.42 Å². The van der Waals surface area contributed by atoms with E-state index in [0.717, 1.165) is 21.6 Å². The number of anilines is 1. The number of carbonyl (C=O) groups is 2. The number of nitrogens with zero attached hydrogens (tertiary/aromatic N) is 5. The van der Waals surface area contributed by atoms with E-state index < -0.39 is 18.0 Å². The van der Waals surface area contributed by atoms with E-state index in [2.05, 4.69) is 15.3 Å². The maximum Gasteiger partial charge on any atom is 0.263 e. The minimum Gasteiger partial charge on any atom is -0.441 e. The van der Waals surface area contributed by atoms with E-state index in [4.69, 9.17) is 16.0 Å². The molecule has 0 spiro atoms. The average Bonchev–Trinajstić information content (AvgIpc) is 3.41. The molecule has 0 bridgehead atoms. The van der Waals surface area contributed by atoms with Crippen LogP contribution in [0.2, 0.25) is 5.02 Å². The second-order valence-corrected chi connectivity index (χ2v) is 8.43. The van der Waals surface area contributed by atoms with Crippen molar-refractivity contribution in [3.8, 4) is 11.5 Å². The molecule has 8 nitrogen and oxygen atoms in total. The van der Waals surface area contributed by atoms with Gasteiger partial charge >= 0.3 is 0 Å². The molecule has 2 atom stereocenters. The molecule has 1 aromatic heterocycles. The van der Waals surface area contributed by atoms with Gasteiger partial charge in [0.25, 0.3) is 11.8 Å². The van der Waals surface area contributed by atoms with Crippen molar-refractivity contribution in [3.05, 3.63) is 70.1 Å². The smallest absolute Gasteiger partial charge is 0.263 e. The van der Waals surface area contributed by atoms with Crippen LogP contribution < -0.4 is 4.90 Å². The first-order chi connectivity index (χ1) is 15.3. The molecule has 0 radical (unpaired) electrons. The van der Waals surface area contributed by atoms with E-state index in [1.165, 1.54) is 5.01 Å². The number of oxazole rings is 1. The lowest BCUT2D eigenvalue weighted by Crippen LogP contribution is -2.39. The lowest BCUT2D eigenvalue weighted by atomic mass is 10.1. The highest BCUT2D eigenvalue weighted by molar-refractivity contribution is 6.32. The molecule has 1 fully saturated rings. The number of imide groups is 1. The van der Waals surface area contributed by atoms with Gasteiger partial charge in [0.15, 0.2) is 12.1 Å². The van der Waals surface area contributed by atoms with E-state index in [0.29, 0.717) is 28.1 Å². The van der Waals surface area contributed by atoms with Gasteiger partial charge in [0.05, 0.1) is 12.2 Å². The largest absolute Gasteiger partial charge is 0.441 e. The summed E-state index contributed by atoms with van der Waals surface area (Å²) in [5.41, 5.74) is 3.93. The maximum absolute atomic E-state index is 13.2. The Kier molecular flexibility index (Phi) is 4.82. The third kappa shape index (κ3) is 3.27. The zero-order valence-electron chi connectivity index (χ0n) is 17.7. The summed E-state index contributed by atoms with van der Waals surface area (Å²) in [6.45, 7) is 5.88. The SMILES string of the molecule is Cc1ccc(-c2nc(CN3N=N[C@@H]4C(=O)N(c5ccc(C)c(Cl)c5)C(=O)[C@H]43)c(C)o2)cc1. The number of rotatable bonds is 4. The summed E-state index contributed by atoms with van der Waals surface area (Å²) in [6.07, 6.45) is 0. The Hall–Kier alpha value is -3.52. The van der Waals surface area contributed by atoms with Gasteiger partial charge in [-0.15, -0.1) is 0 Å². The topological polar surface area (TPSA) is 91.4 Å². The number of amides is 2. The molecule has 2 aliphatic rings. The molecule has 32 heavy (non-hydrogen) atoms. The van der Waals surface area contributed by atoms with Crippen molar-refractivity contribution in [1.82, 2.24) is 9.99 Å². The molecule has 0 saturated carbocycles. The molecule has 2 aliphatic heterocycles. The predicted molar refractivity (Wildman–Crippen MR) is 118 cm³/mol. The fraction of sp³-hybridized carbons (Fsp3) is 0.261. The van der Waals surface area contributed by atoms with Crippen LogP contribution in [0.5, 0.6) is 0 Å². The van der Waals surface area contributed by atoms with E-state index in [1.807, 2.05) is 45.0 Å². The highest BCUT2D eigenvalue weighted by Gasteiger charge is 2.55. The zero-order valence-corrected chi connectivity index (χ0v) is 18.5. The Bertz CT molecular complexity index is 1270. The number of hydrogen-bond donors (Lipinski definition) is 0. The van der Waals surface area contributed by atoms with Crippen LogP contribution in [0.4, 0.5) is 5.69 Å². The van der Waals surface area contributed by atoms with Crippen LogP contribution in [0.15, 0.2) is 57.2 Å². The number of aryl methyl sites for hydroxylation is 3. The number of carbonyl (C=O) groups excluding carboxylic acids is 2. The summed E-state index contributed by atoms with van der Waals surface area (Å²) in [5.74, 6) is 0.321. The van der Waals surface area contributed by atoms with Crippen LogP contribution in [0.1, 0.15) is 22.6 Å². The van der Waals surface area contributed by atoms with Crippen LogP contribution in [-0.2, 0) is 16.1 Å². The first-order valence-electron chi connectivity index (χ1n) is 10.2. The van der Waals surface area contributed by atoms with Gasteiger partial charge in [-0.05, 0) is 50.6 Å². The third-order valence-electron chi connectivity index (χ3n) is 5.77. The summed E-state index contributed by atoms with van der Waals surface area (Å²) in [5, 5.41) is 10.2. The lowest BCUT2D eigenvalue weighted by molar-refractivity contribution is -0.123. The van der Waals surface area contributed by atoms with Crippen molar-refractivity contribution in [2.45, 2.75) is 39.4 Å². The monoisotopic (exact) mass is 449 g/mol. The fourth-order valence-electron chi connectivity index (χ4n) is 3.88. The van der Waals surface area contributed by atoms with E-state index >= 15 is 0 Å². The summed E-state index contributed by atoms with van der Waals surface area (Å²) in [4.78, 5) is 31.8. The second-order valence-electron chi connectivity index (χ2n) is 8.03. The molecular weight excluding hydrogens is 430 g/mol. The number of hydrogen-bond acceptors (Lipinski definition) is 7. The standard InChI is InChI=1S/C23H20ClN5O3/c1-12-4-7-15(8-5-12)21-25-18(14(3)32-21)11-28-20-19(26-27-28)22(30)29(23(20)31)16-9-6-13(2)17(24)10-16/h4-10,19-20H,11H2,1-3H3/t19-,20-/m0/s1. The van der Waals surface area contributed by atoms with Crippen molar-refractivity contribution in [2.24, 2.45) is 10.3 Å². The molecule has 5 rings (SSSR count). The predicted octanol–water partition coefficient (Wildman–Crippen LogP) is 4.41. The Morgan fingerprint density at radius 3 is 2.50 bits per heavy atom. The summed E-state index contributed by atoms with van der Waals surface area (Å²) in [6, 6.07) is 11.3. The van der Waals surface area contributed by atoms with Crippen LogP contribution in [0.25, 0.3) is 11.5 Å². The van der Waals surface area contributed by atoms with Gasteiger partial charge in [-0.2, -0.15) is 5.11 Å². The number of fused-ring (bicyclic) bond motifs is 1. The van der Waals surface area contributed by atoms with Crippen LogP contribution >= 0.6 is 11.6 Å². The third-order valence-corrected chi connectivity index (χ3v) is 6.18. The molecule has 162 valence electrons. The van der Waals surface area contributed by atoms with Crippen molar-refractivity contribution in [2.75, 3.05) is 4.90 Å². The van der Waals surface area contributed by atoms with Crippen molar-refractivity contribution < 1.29 is 14.0 Å². The van der Waals surface area contributed by atoms with Gasteiger partial charge in [0, 0.05) is 10.6 Å². The van der Waals surface area contributed by atoms with Crippen molar-refractivity contribution >= 4 is 29.1 Å². The normalized spacial score (nSPS) is 19.9. The van der Waals surface area contributed by atoms with E-state index in [9.17, 15) is 9.59 Å². The highest BCUT2D eigenvalue weighted by atomic mass is 35.5. The van der Waals surface area contributed by atoms with Crippen LogP contribution in [0, 0.1) is 20.8 Å². The molecule has 9 heteroatoms. The van der Waals surface area contributed by atoms with Gasteiger partial charge in [-0.3, -0.25) is 14.6 Å². The van der Waals surface area contributed by atoms with E-state index in [1.54, 1.807) is 18.2 Å². The van der Waals surface area contributed by atoms with Gasteiger partial charge in [0.2, 0.25) is 5.89 Å². The Morgan fingerprint density at radius 2 is 1.78 bits per heavy atom. The zero-order chi connectivity index (χ0) is 22.6. The quantitative estimate of drug-likeness (QED) is 0.550. The molecule has 3 heterocycles. The Labute approximate surface area is 189 Å². The Balaban J connectivity index is 1.39. The minimum absolute atomic E-state index is 0.202. The molecule has 3 aromatic rings. The second kappa shape index (κ2) is 7.56. The average molecular weight is 450 g/mol. The number of benzene rings is 2. The first kappa shape index (κ1) is 20.4. The number of halogens is 1. The van der Waals surface area contributed by atoms with E-state index in [-0.39, 0.29) is 12.5 Å². The van der Waals surface area contributed by atoms with Crippen LogP contribution in [-0.4, -0.2) is 33.9 Å². The summed E-state index contributed by atoms with van der Waals surface area (Å²) in [7, 11) is 0. The molecule has 2 amide bonds. The van der Waals surface area contributed by atoms with Crippen molar-refractivity contribution in [1.29, 1.82) is 0 Å². The molecule has 0 aliphatic carbocycles. The molecule has 2 aromatic carbocycles. The van der Waals surface area contributed by atoms with Crippen LogP contribution in [0.3, 0.4) is 0 Å².